The topological polar surface area (TPSA) is 605 Å². The first kappa shape index (κ1) is 71.8. The van der Waals surface area contributed by atoms with Gasteiger partial charge in [0, 0.05) is 27.2 Å². The number of nitrogens with one attached hydrogen (secondary N) is 3. The maximum atomic E-state index is 13.1. The van der Waals surface area contributed by atoms with Gasteiger partial charge in [-0.2, -0.15) is 0 Å². The Balaban J connectivity index is 1.25. The summed E-state index contributed by atoms with van der Waals surface area (Å²) < 4.78 is 69.7. The number of hydrogen-bond donors (Lipinski definition) is 22. The molecule has 0 spiro atoms. The van der Waals surface area contributed by atoms with Gasteiger partial charge in [-0.25, -0.2) is 4.79 Å². The quantitative estimate of drug-likeness (QED) is 0.0358. The van der Waals surface area contributed by atoms with Gasteiger partial charge in [-0.3, -0.25) is 14.4 Å². The highest BCUT2D eigenvalue weighted by Gasteiger charge is 2.61. The minimum atomic E-state index is -3.21. The van der Waals surface area contributed by atoms with Gasteiger partial charge in [0.15, 0.2) is 31.5 Å². The Morgan fingerprint density at radius 2 is 0.988 bits per heavy atom. The third kappa shape index (κ3) is 16.2. The van der Waals surface area contributed by atoms with Gasteiger partial charge in [0.1, 0.15) is 140 Å². The summed E-state index contributed by atoms with van der Waals surface area (Å²) in [5, 5.41) is 203. The van der Waals surface area contributed by atoms with Crippen LogP contribution in [0.1, 0.15) is 33.6 Å². The van der Waals surface area contributed by atoms with Crippen LogP contribution in [0.3, 0.4) is 0 Å². The van der Waals surface area contributed by atoms with Crippen LogP contribution in [0.4, 0.5) is 0 Å². The Kier molecular flexibility index (Phi) is 26.4. The van der Waals surface area contributed by atoms with Gasteiger partial charge in [0.2, 0.25) is 17.7 Å². The molecule has 498 valence electrons. The molecule has 23 N–H and O–H groups in total. The molecule has 0 aromatic rings. The van der Waals surface area contributed by atoms with Crippen molar-refractivity contribution >= 4 is 23.7 Å². The number of carboxylic acid groups (broad SMARTS) is 1. The van der Waals surface area contributed by atoms with Crippen LogP contribution < -0.4 is 21.7 Å². The fraction of sp³-hybridized carbons (Fsp3) is 0.917. The van der Waals surface area contributed by atoms with E-state index >= 15 is 0 Å². The zero-order chi connectivity index (χ0) is 63.8. The molecule has 6 fully saturated rings. The molecule has 38 heteroatoms. The van der Waals surface area contributed by atoms with E-state index in [1.165, 1.54) is 0 Å². The number of aliphatic carboxylic acids is 1. The number of aliphatic hydroxyl groups is 17. The van der Waals surface area contributed by atoms with E-state index in [0.717, 1.165) is 20.8 Å². The van der Waals surface area contributed by atoms with E-state index < -0.39 is 259 Å². The van der Waals surface area contributed by atoms with E-state index in [9.17, 15) is 111 Å². The highest BCUT2D eigenvalue weighted by Crippen LogP contribution is 2.40. The standard InChI is InChI=1S/C48H82N4O34/c1-14(58)50-24-17(61)7-48(47(73)74,85-39(24)27(63)18(62)8-53)86-41-30(66)21(11-56)79-46(36(41)72)83-38-23(81-42(75-6-4-5-49)26(32(38)68)52-16(3)60)13-76-44-34(70)33(69)37(22(12-57)80-44)82-45-35(71)40(29(65)20(10-55)78-45)84-43-25(51-15(2)59)31(67)28(64)19(9-54)77-43/h17-46,53-57,61-72H,4-13,49H2,1-3H3,(H,50,58)(H,51,59)(H,52,60)(H,73,74)/t17-,18+,19+,20+,21+,22+,23+,24+,25+,26+,27+,28+,29-,30-,31+,32+,33+,34+,35+,36+,37+,38+,39+,40-,41-,42+,43-,44+,45-,46-,48-/m0/s1. The zero-order valence-corrected chi connectivity index (χ0v) is 46.6. The lowest BCUT2D eigenvalue weighted by Crippen LogP contribution is -2.71. The fourth-order valence-electron chi connectivity index (χ4n) is 10.7. The lowest BCUT2D eigenvalue weighted by Gasteiger charge is -2.51. The van der Waals surface area contributed by atoms with Crippen molar-refractivity contribution in [1.82, 2.24) is 16.0 Å². The third-order valence-corrected chi connectivity index (χ3v) is 15.2. The van der Waals surface area contributed by atoms with Crippen molar-refractivity contribution in [3.8, 4) is 0 Å². The molecule has 0 unspecified atom stereocenters. The molecular weight excluding hydrogens is 1180 g/mol. The molecule has 86 heavy (non-hydrogen) atoms. The van der Waals surface area contributed by atoms with E-state index in [4.69, 9.17) is 62.6 Å². The van der Waals surface area contributed by atoms with Gasteiger partial charge < -0.3 is 170 Å². The average Bonchev–Trinajstić information content (AvgIpc) is 1.07. The first-order valence-electron chi connectivity index (χ1n) is 27.4. The molecule has 0 saturated carbocycles. The van der Waals surface area contributed by atoms with Gasteiger partial charge in [-0.15, -0.1) is 0 Å². The van der Waals surface area contributed by atoms with Crippen molar-refractivity contribution in [3.05, 3.63) is 0 Å². The largest absolute Gasteiger partial charge is 0.477 e. The number of carbonyl (C=O) groups is 4. The summed E-state index contributed by atoms with van der Waals surface area (Å²) >= 11 is 0. The number of carboxylic acids is 1. The molecule has 6 aliphatic heterocycles. The minimum absolute atomic E-state index is 0.0871. The summed E-state index contributed by atoms with van der Waals surface area (Å²) in [4.78, 5) is 49.9. The van der Waals surface area contributed by atoms with Crippen molar-refractivity contribution in [3.63, 3.8) is 0 Å². The molecule has 3 amide bonds. The van der Waals surface area contributed by atoms with E-state index in [2.05, 4.69) is 16.0 Å². The van der Waals surface area contributed by atoms with Crippen molar-refractivity contribution < 1.29 is 168 Å². The number of ether oxygens (including phenoxy) is 12. The summed E-state index contributed by atoms with van der Waals surface area (Å²) in [6.45, 7) is -3.10. The lowest BCUT2D eigenvalue weighted by molar-refractivity contribution is -0.387. The number of rotatable bonds is 26. The van der Waals surface area contributed by atoms with Gasteiger partial charge in [0.05, 0.1) is 58.4 Å². The van der Waals surface area contributed by atoms with Crippen molar-refractivity contribution in [2.24, 2.45) is 5.73 Å². The van der Waals surface area contributed by atoms with E-state index in [1.54, 1.807) is 0 Å². The Hall–Kier alpha value is -3.32. The van der Waals surface area contributed by atoms with Crippen LogP contribution in [0.2, 0.25) is 0 Å². The van der Waals surface area contributed by atoms with E-state index in [-0.39, 0.29) is 19.6 Å². The van der Waals surface area contributed by atoms with Gasteiger partial charge in [0.25, 0.3) is 5.79 Å². The number of hydrogen-bond acceptors (Lipinski definition) is 34. The molecule has 0 radical (unpaired) electrons. The second-order valence-corrected chi connectivity index (χ2v) is 21.4. The number of amides is 3. The fourth-order valence-corrected chi connectivity index (χ4v) is 10.7. The second kappa shape index (κ2) is 31.6. The van der Waals surface area contributed by atoms with Crippen LogP contribution in [0.15, 0.2) is 0 Å². The Bertz CT molecular complexity index is 2170. The van der Waals surface area contributed by atoms with Gasteiger partial charge in [-0.05, 0) is 13.0 Å². The lowest BCUT2D eigenvalue weighted by atomic mass is 9.88. The molecule has 0 aliphatic carbocycles. The SMILES string of the molecule is CC(=O)N[C@H]1[C@H](OCCCN)O[C@H](CO[C@@H]2O[C@H](CO)[C@@H](O[C@@H]3O[C@H](CO)[C@H](O)[C@H](O[C@@H]4O[C@H](CO)[C@@H](O)[C@H](O)[C@H]4NC(C)=O)[C@H]3O)[C@H](O)[C@H]2O)[C@@H](O[C@@H]2O[C@H](CO)[C@H](O)[C@H](O[C@]3(C(=O)O)C[C@H](O)[C@@H](NC(C)=O)[C@H]([C@H](O)[C@H](O)CO)O3)[C@H]2O)[C@@H]1O. The van der Waals surface area contributed by atoms with Crippen LogP contribution in [0, 0.1) is 0 Å². The maximum absolute atomic E-state index is 13.1. The summed E-state index contributed by atoms with van der Waals surface area (Å²) in [7, 11) is 0. The van der Waals surface area contributed by atoms with E-state index in [1.807, 2.05) is 0 Å². The maximum Gasteiger partial charge on any atom is 0.364 e. The average molecular weight is 1260 g/mol. The summed E-state index contributed by atoms with van der Waals surface area (Å²) in [6, 6.07) is -4.83. The smallest absolute Gasteiger partial charge is 0.364 e. The molecule has 6 saturated heterocycles. The van der Waals surface area contributed by atoms with Gasteiger partial charge >= 0.3 is 5.97 Å². The van der Waals surface area contributed by atoms with Crippen LogP contribution >= 0.6 is 0 Å². The predicted molar refractivity (Wildman–Crippen MR) is 269 cm³/mol. The summed E-state index contributed by atoms with van der Waals surface area (Å²) in [6.07, 6.45) is -54.5. The molecule has 6 rings (SSSR count). The minimum Gasteiger partial charge on any atom is -0.477 e. The molecular formula is C48H82N4O34. The Labute approximate surface area is 488 Å². The van der Waals surface area contributed by atoms with Gasteiger partial charge in [-0.1, -0.05) is 0 Å². The highest BCUT2D eigenvalue weighted by atomic mass is 16.8. The van der Waals surface area contributed by atoms with Crippen molar-refractivity contribution in [2.45, 2.75) is 223 Å². The molecule has 0 bridgehead atoms. The summed E-state index contributed by atoms with van der Waals surface area (Å²) in [5.41, 5.74) is 5.66. The highest BCUT2D eigenvalue weighted by molar-refractivity contribution is 5.77. The van der Waals surface area contributed by atoms with Crippen molar-refractivity contribution in [1.29, 1.82) is 0 Å². The normalized spacial score (nSPS) is 44.7. The monoisotopic (exact) mass is 1260 g/mol. The summed E-state index contributed by atoms with van der Waals surface area (Å²) in [5.74, 6) is -7.64. The zero-order valence-electron chi connectivity index (χ0n) is 46.6. The molecule has 6 aliphatic rings. The van der Waals surface area contributed by atoms with Crippen LogP contribution in [-0.2, 0) is 76.0 Å². The number of nitrogens with two attached hydrogens (primary N) is 1. The molecule has 0 aromatic carbocycles. The number of aliphatic hydroxyl groups excluding tert-OH is 17. The van der Waals surface area contributed by atoms with Crippen LogP contribution in [0.25, 0.3) is 0 Å². The molecule has 38 nitrogen and oxygen atoms in total. The predicted octanol–water partition coefficient (Wildman–Crippen LogP) is -14.1. The van der Waals surface area contributed by atoms with Crippen LogP contribution in [0.5, 0.6) is 0 Å². The molecule has 6 heterocycles. The second-order valence-electron chi connectivity index (χ2n) is 21.4. The first-order chi connectivity index (χ1) is 40.6. The van der Waals surface area contributed by atoms with Crippen molar-refractivity contribution in [2.75, 3.05) is 52.8 Å². The molecule has 31 atom stereocenters. The first-order valence-corrected chi connectivity index (χ1v) is 27.4. The number of carbonyl (C=O) groups excluding carboxylic acids is 3. The molecule has 0 aromatic heterocycles. The van der Waals surface area contributed by atoms with Crippen LogP contribution in [-0.4, -0.2) is 358 Å². The Morgan fingerprint density at radius 3 is 1.51 bits per heavy atom. The van der Waals surface area contributed by atoms with E-state index in [0.29, 0.717) is 0 Å². The third-order valence-electron chi connectivity index (χ3n) is 15.2. The Morgan fingerprint density at radius 1 is 0.523 bits per heavy atom.